The van der Waals surface area contributed by atoms with Gasteiger partial charge in [-0.2, -0.15) is 31.6 Å². The molecule has 1 aliphatic rings. The Morgan fingerprint density at radius 1 is 0.815 bits per heavy atom. The van der Waals surface area contributed by atoms with Crippen LogP contribution in [0.25, 0.3) is 11.1 Å². The van der Waals surface area contributed by atoms with Gasteiger partial charge in [0.2, 0.25) is 0 Å². The molecule has 284 valence electrons. The van der Waals surface area contributed by atoms with Crippen molar-refractivity contribution in [2.45, 2.75) is 25.8 Å². The Morgan fingerprint density at radius 3 is 2.00 bits per heavy atom. The molecule has 2 amide bonds. The van der Waals surface area contributed by atoms with Crippen molar-refractivity contribution < 1.29 is 50.6 Å². The first-order valence-corrected chi connectivity index (χ1v) is 16.2. The second kappa shape index (κ2) is 17.7. The number of carbonyl (C=O) groups is 3. The fraction of sp³-hybridized carbons (Fsp3) is 0.270. The predicted molar refractivity (Wildman–Crippen MR) is 186 cm³/mol. The SMILES string of the molecule is CCN1CCN(Cc2ccc(NC(=O)c3cc(NC(=O)c4cncc(-c5ccc(C#N)cc5)c4)cc(OC)c3)cc2C(F)(F)F)CC1.O=C(O)C(F)(F)F. The standard InChI is InChI=1S/C35H33F3N6O3.C2HF3O2/c1-3-43-10-12-44(13-11-43)22-25-8-9-29(18-32(25)35(36,37)38)41-33(45)26-15-30(17-31(16-26)47-2)42-34(46)28-14-27(20-40-21-28)24-6-4-23(19-39)5-7-24;3-2(4,5)1(6)7/h4-9,14-18,20-21H,3,10-13,22H2,1-2H3,(H,41,45)(H,42,46);(H,6,7). The molecule has 3 N–H and O–H groups in total. The van der Waals surface area contributed by atoms with Gasteiger partial charge < -0.3 is 25.4 Å². The molecular weight excluding hydrogens is 722 g/mol. The first kappa shape index (κ1) is 40.8. The molecular formula is C37H34F6N6O5. The summed E-state index contributed by atoms with van der Waals surface area (Å²) < 4.78 is 79.4. The van der Waals surface area contributed by atoms with Gasteiger partial charge in [-0.25, -0.2) is 4.79 Å². The predicted octanol–water partition coefficient (Wildman–Crippen LogP) is 6.92. The Bertz CT molecular complexity index is 2010. The van der Waals surface area contributed by atoms with Crippen LogP contribution in [-0.4, -0.2) is 83.7 Å². The molecule has 5 rings (SSSR count). The van der Waals surface area contributed by atoms with Gasteiger partial charge in [-0.1, -0.05) is 25.1 Å². The van der Waals surface area contributed by atoms with Crippen LogP contribution in [-0.2, 0) is 17.5 Å². The Morgan fingerprint density at radius 2 is 1.43 bits per heavy atom. The van der Waals surface area contributed by atoms with Gasteiger partial charge in [0.25, 0.3) is 11.8 Å². The number of hydrogen-bond donors (Lipinski definition) is 3. The van der Waals surface area contributed by atoms with E-state index in [1.165, 1.54) is 43.6 Å². The number of benzene rings is 3. The highest BCUT2D eigenvalue weighted by Crippen LogP contribution is 2.35. The van der Waals surface area contributed by atoms with Crippen molar-refractivity contribution in [1.29, 1.82) is 5.26 Å². The maximum atomic E-state index is 14.1. The number of aliphatic carboxylic acids is 1. The van der Waals surface area contributed by atoms with Crippen molar-refractivity contribution in [1.82, 2.24) is 14.8 Å². The summed E-state index contributed by atoms with van der Waals surface area (Å²) in [5.41, 5.74) is 1.80. The maximum absolute atomic E-state index is 14.1. The Hall–Kier alpha value is -5.99. The number of rotatable bonds is 9. The highest BCUT2D eigenvalue weighted by atomic mass is 19.4. The number of methoxy groups -OCH3 is 1. The second-order valence-corrected chi connectivity index (χ2v) is 11.9. The molecule has 0 spiro atoms. The Balaban J connectivity index is 0.000000845. The maximum Gasteiger partial charge on any atom is 0.490 e. The minimum absolute atomic E-state index is 0.0130. The van der Waals surface area contributed by atoms with Crippen LogP contribution in [0.2, 0.25) is 0 Å². The summed E-state index contributed by atoms with van der Waals surface area (Å²) in [4.78, 5) is 43.7. The van der Waals surface area contributed by atoms with Crippen LogP contribution in [0, 0.1) is 11.3 Å². The third-order valence-corrected chi connectivity index (χ3v) is 8.23. The van der Waals surface area contributed by atoms with Gasteiger partial charge in [-0.3, -0.25) is 19.5 Å². The number of carbonyl (C=O) groups excluding carboxylic acids is 2. The van der Waals surface area contributed by atoms with Crippen LogP contribution in [0.15, 0.2) is 79.1 Å². The lowest BCUT2D eigenvalue weighted by molar-refractivity contribution is -0.192. The monoisotopic (exact) mass is 756 g/mol. The molecule has 1 fully saturated rings. The van der Waals surface area contributed by atoms with E-state index in [1.807, 2.05) is 4.90 Å². The van der Waals surface area contributed by atoms with E-state index >= 15 is 0 Å². The summed E-state index contributed by atoms with van der Waals surface area (Å²) in [6.07, 6.45) is -6.71. The zero-order valence-electron chi connectivity index (χ0n) is 28.9. The number of amides is 2. The number of likely N-dealkylation sites (N-methyl/N-ethyl adjacent to an activating group) is 1. The minimum Gasteiger partial charge on any atom is -0.497 e. The van der Waals surface area contributed by atoms with Crippen LogP contribution in [0.1, 0.15) is 44.3 Å². The van der Waals surface area contributed by atoms with Crippen molar-refractivity contribution in [3.05, 3.63) is 107 Å². The van der Waals surface area contributed by atoms with Crippen molar-refractivity contribution in [2.24, 2.45) is 0 Å². The lowest BCUT2D eigenvalue weighted by Crippen LogP contribution is -2.45. The Kier molecular flexibility index (Phi) is 13.4. The van der Waals surface area contributed by atoms with E-state index in [0.717, 1.165) is 31.3 Å². The van der Waals surface area contributed by atoms with Crippen LogP contribution in [0.4, 0.5) is 37.7 Å². The van der Waals surface area contributed by atoms with Crippen molar-refractivity contribution in [3.8, 4) is 22.9 Å². The summed E-state index contributed by atoms with van der Waals surface area (Å²) in [6.45, 7) is 6.09. The number of halogens is 6. The molecule has 3 aromatic carbocycles. The number of nitriles is 1. The van der Waals surface area contributed by atoms with Crippen molar-refractivity contribution in [2.75, 3.05) is 50.5 Å². The van der Waals surface area contributed by atoms with Crippen LogP contribution in [0.3, 0.4) is 0 Å². The van der Waals surface area contributed by atoms with Gasteiger partial charge in [0.1, 0.15) is 5.75 Å². The molecule has 0 unspecified atom stereocenters. The average Bonchev–Trinajstić information content (AvgIpc) is 3.15. The van der Waals surface area contributed by atoms with Gasteiger partial charge in [-0.15, -0.1) is 0 Å². The third-order valence-electron chi connectivity index (χ3n) is 8.23. The fourth-order valence-electron chi connectivity index (χ4n) is 5.35. The number of nitrogens with zero attached hydrogens (tertiary/aromatic N) is 4. The van der Waals surface area contributed by atoms with Crippen LogP contribution in [0.5, 0.6) is 5.75 Å². The van der Waals surface area contributed by atoms with E-state index in [4.69, 9.17) is 19.9 Å². The first-order valence-electron chi connectivity index (χ1n) is 16.2. The summed E-state index contributed by atoms with van der Waals surface area (Å²) >= 11 is 0. The molecule has 0 saturated carbocycles. The molecule has 1 aliphatic heterocycles. The van der Waals surface area contributed by atoms with E-state index in [0.29, 0.717) is 24.2 Å². The molecule has 1 aromatic heterocycles. The fourth-order valence-corrected chi connectivity index (χ4v) is 5.35. The molecule has 0 aliphatic carbocycles. The molecule has 54 heavy (non-hydrogen) atoms. The van der Waals surface area contributed by atoms with E-state index in [1.54, 1.807) is 36.5 Å². The quantitative estimate of drug-likeness (QED) is 0.155. The molecule has 2 heterocycles. The highest BCUT2D eigenvalue weighted by molar-refractivity contribution is 6.08. The van der Waals surface area contributed by atoms with Gasteiger partial charge in [0.05, 0.1) is 29.9 Å². The first-order chi connectivity index (χ1) is 25.5. The zero-order valence-corrected chi connectivity index (χ0v) is 28.9. The van der Waals surface area contributed by atoms with E-state index in [-0.39, 0.29) is 40.4 Å². The lowest BCUT2D eigenvalue weighted by Gasteiger charge is -2.34. The minimum atomic E-state index is -5.08. The molecule has 0 radical (unpaired) electrons. The molecule has 4 aromatic rings. The summed E-state index contributed by atoms with van der Waals surface area (Å²) in [5, 5.41) is 21.5. The largest absolute Gasteiger partial charge is 0.497 e. The Labute approximate surface area is 305 Å². The number of hydrogen-bond acceptors (Lipinski definition) is 8. The molecule has 11 nitrogen and oxygen atoms in total. The lowest BCUT2D eigenvalue weighted by atomic mass is 10.0. The molecule has 0 atom stereocenters. The smallest absolute Gasteiger partial charge is 0.490 e. The third kappa shape index (κ3) is 11.3. The highest BCUT2D eigenvalue weighted by Gasteiger charge is 2.38. The molecule has 17 heteroatoms. The second-order valence-electron chi connectivity index (χ2n) is 11.9. The number of nitrogens with one attached hydrogen (secondary N) is 2. The van der Waals surface area contributed by atoms with Crippen molar-refractivity contribution in [3.63, 3.8) is 0 Å². The number of anilines is 2. The summed E-state index contributed by atoms with van der Waals surface area (Å²) in [5.74, 6) is -3.69. The number of ether oxygens (including phenoxy) is 1. The number of pyridine rings is 1. The summed E-state index contributed by atoms with van der Waals surface area (Å²) in [7, 11) is 1.39. The van der Waals surface area contributed by atoms with E-state index < -0.39 is 35.7 Å². The number of carboxylic acids is 1. The summed E-state index contributed by atoms with van der Waals surface area (Å²) in [6, 6.07) is 18.7. The van der Waals surface area contributed by atoms with Gasteiger partial charge >= 0.3 is 18.3 Å². The van der Waals surface area contributed by atoms with Gasteiger partial charge in [0, 0.05) is 73.7 Å². The van der Waals surface area contributed by atoms with Crippen LogP contribution < -0.4 is 15.4 Å². The van der Waals surface area contributed by atoms with Gasteiger partial charge in [0.15, 0.2) is 0 Å². The number of alkyl halides is 6. The number of carboxylic acid groups (broad SMARTS) is 1. The van der Waals surface area contributed by atoms with Crippen molar-refractivity contribution >= 4 is 29.2 Å². The zero-order chi connectivity index (χ0) is 39.6. The van der Waals surface area contributed by atoms with Gasteiger partial charge in [-0.05, 0) is 60.1 Å². The van der Waals surface area contributed by atoms with Crippen LogP contribution >= 0.6 is 0 Å². The topological polar surface area (TPSA) is 148 Å². The molecule has 1 saturated heterocycles. The molecule has 0 bridgehead atoms. The number of aromatic nitrogens is 1. The van der Waals surface area contributed by atoms with E-state index in [9.17, 15) is 35.9 Å². The normalized spacial score (nSPS) is 13.5. The van der Waals surface area contributed by atoms with E-state index in [2.05, 4.69) is 33.5 Å². The number of piperazine rings is 1. The average molecular weight is 757 g/mol.